The first kappa shape index (κ1) is 26.4. The molecule has 0 aliphatic heterocycles. The summed E-state index contributed by atoms with van der Waals surface area (Å²) in [5.74, 6) is -1.85. The Labute approximate surface area is 210 Å². The zero-order chi connectivity index (χ0) is 25.9. The summed E-state index contributed by atoms with van der Waals surface area (Å²) in [5, 5.41) is 27.5. The minimum Gasteiger partial charge on any atom is -0.508 e. The van der Waals surface area contributed by atoms with Crippen LogP contribution in [0.1, 0.15) is 24.5 Å². The van der Waals surface area contributed by atoms with E-state index in [0.717, 1.165) is 11.1 Å². The highest BCUT2D eigenvalue weighted by atomic mass is 16.4. The van der Waals surface area contributed by atoms with Crippen molar-refractivity contribution >= 4 is 23.5 Å². The zero-order valence-corrected chi connectivity index (χ0v) is 20.1. The predicted octanol–water partition coefficient (Wildman–Crippen LogP) is 3.12. The number of rotatable bonds is 12. The Morgan fingerprint density at radius 2 is 1.39 bits per heavy atom. The maximum Gasteiger partial charge on any atom is 0.320 e. The first-order valence-electron chi connectivity index (χ1n) is 11.8. The summed E-state index contributed by atoms with van der Waals surface area (Å²) >= 11 is 0. The number of anilines is 1. The van der Waals surface area contributed by atoms with Gasteiger partial charge in [-0.2, -0.15) is 0 Å². The van der Waals surface area contributed by atoms with E-state index in [0.29, 0.717) is 18.5 Å². The fraction of sp³-hybridized carbons (Fsp3) is 0.250. The number of benzene rings is 3. The van der Waals surface area contributed by atoms with Gasteiger partial charge in [0.2, 0.25) is 11.8 Å². The molecule has 36 heavy (non-hydrogen) atoms. The Morgan fingerprint density at radius 3 is 2.00 bits per heavy atom. The molecular formula is C28H31N3O5. The van der Waals surface area contributed by atoms with Crippen molar-refractivity contribution in [3.8, 4) is 5.75 Å². The average Bonchev–Trinajstić information content (AvgIpc) is 2.88. The maximum atomic E-state index is 13.3. The average molecular weight is 490 g/mol. The van der Waals surface area contributed by atoms with E-state index < -0.39 is 35.9 Å². The predicted molar refractivity (Wildman–Crippen MR) is 138 cm³/mol. The summed E-state index contributed by atoms with van der Waals surface area (Å²) < 4.78 is 0. The summed E-state index contributed by atoms with van der Waals surface area (Å²) in [6.45, 7) is 1.47. The van der Waals surface area contributed by atoms with Crippen molar-refractivity contribution in [1.82, 2.24) is 10.6 Å². The van der Waals surface area contributed by atoms with Crippen LogP contribution in [0.5, 0.6) is 5.75 Å². The summed E-state index contributed by atoms with van der Waals surface area (Å²) in [4.78, 5) is 38.0. The van der Waals surface area contributed by atoms with Gasteiger partial charge in [0.05, 0.1) is 6.04 Å². The molecule has 2 amide bonds. The van der Waals surface area contributed by atoms with Crippen molar-refractivity contribution in [3.05, 3.63) is 96.1 Å². The number of aromatic hydroxyl groups is 1. The second-order valence-electron chi connectivity index (χ2n) is 8.59. The van der Waals surface area contributed by atoms with E-state index in [-0.39, 0.29) is 12.2 Å². The van der Waals surface area contributed by atoms with Crippen LogP contribution in [0.4, 0.5) is 5.69 Å². The van der Waals surface area contributed by atoms with Crippen LogP contribution in [0.25, 0.3) is 0 Å². The van der Waals surface area contributed by atoms with Crippen LogP contribution >= 0.6 is 0 Å². The van der Waals surface area contributed by atoms with Crippen molar-refractivity contribution in [2.24, 2.45) is 0 Å². The number of carbonyl (C=O) groups is 3. The normalized spacial score (nSPS) is 13.2. The third-order valence-electron chi connectivity index (χ3n) is 5.75. The molecule has 0 aromatic heterocycles. The maximum absolute atomic E-state index is 13.3. The monoisotopic (exact) mass is 489 g/mol. The minimum absolute atomic E-state index is 0.0981. The number of carboxylic acid groups (broad SMARTS) is 1. The highest BCUT2D eigenvalue weighted by Gasteiger charge is 2.28. The Morgan fingerprint density at radius 1 is 0.778 bits per heavy atom. The van der Waals surface area contributed by atoms with E-state index in [1.165, 1.54) is 19.1 Å². The number of phenolic OH excluding ortho intramolecular Hbond substituents is 1. The molecule has 0 spiro atoms. The molecule has 0 aliphatic rings. The summed E-state index contributed by atoms with van der Waals surface area (Å²) in [6.07, 6.45) is 1.08. The standard InChI is InChI=1S/C28H31N3O5/c1-19(28(35)36)29-24(17-14-20-8-4-2-5-9-20)26(33)31-25(18-21-12-15-23(32)16-13-21)27(34)30-22-10-6-3-7-11-22/h2-13,15-16,19,24-25,29,32H,14,17-18H2,1H3,(H,30,34)(H,31,33)(H,35,36)/t19-,24+,25+/m1/s1. The van der Waals surface area contributed by atoms with Gasteiger partial charge in [0.15, 0.2) is 0 Å². The number of aliphatic carboxylic acids is 1. The van der Waals surface area contributed by atoms with Gasteiger partial charge in [0.1, 0.15) is 17.8 Å². The molecule has 0 fully saturated rings. The van der Waals surface area contributed by atoms with Gasteiger partial charge in [-0.05, 0) is 55.2 Å². The molecular weight excluding hydrogens is 458 g/mol. The van der Waals surface area contributed by atoms with Crippen molar-refractivity contribution in [2.45, 2.75) is 44.3 Å². The summed E-state index contributed by atoms with van der Waals surface area (Å²) in [5.41, 5.74) is 2.35. The van der Waals surface area contributed by atoms with Crippen LogP contribution in [0, 0.1) is 0 Å². The van der Waals surface area contributed by atoms with Crippen molar-refractivity contribution in [1.29, 1.82) is 0 Å². The Balaban J connectivity index is 1.78. The summed E-state index contributed by atoms with van der Waals surface area (Å²) in [7, 11) is 0. The number of amides is 2. The van der Waals surface area contributed by atoms with Gasteiger partial charge in [-0.3, -0.25) is 19.7 Å². The molecule has 0 saturated heterocycles. The topological polar surface area (TPSA) is 128 Å². The molecule has 188 valence electrons. The zero-order valence-electron chi connectivity index (χ0n) is 20.1. The van der Waals surface area contributed by atoms with E-state index in [1.807, 2.05) is 36.4 Å². The molecule has 3 atom stereocenters. The number of phenols is 1. The summed E-state index contributed by atoms with van der Waals surface area (Å²) in [6, 6.07) is 22.2. The van der Waals surface area contributed by atoms with Gasteiger partial charge in [0, 0.05) is 12.1 Å². The molecule has 0 radical (unpaired) electrons. The Bertz CT molecular complexity index is 1140. The number of nitrogens with one attached hydrogen (secondary N) is 3. The van der Waals surface area contributed by atoms with Crippen molar-refractivity contribution in [3.63, 3.8) is 0 Å². The van der Waals surface area contributed by atoms with Gasteiger partial charge in [-0.1, -0.05) is 60.7 Å². The van der Waals surface area contributed by atoms with Crippen LogP contribution in [0.15, 0.2) is 84.9 Å². The molecule has 0 saturated carbocycles. The molecule has 0 heterocycles. The largest absolute Gasteiger partial charge is 0.508 e. The number of hydrogen-bond acceptors (Lipinski definition) is 5. The highest BCUT2D eigenvalue weighted by molar-refractivity contribution is 5.98. The molecule has 0 unspecified atom stereocenters. The number of carboxylic acids is 1. The lowest BCUT2D eigenvalue weighted by atomic mass is 10.0. The van der Waals surface area contributed by atoms with Crippen LogP contribution in [-0.2, 0) is 27.2 Å². The molecule has 8 heteroatoms. The quantitative estimate of drug-likeness (QED) is 0.266. The van der Waals surface area contributed by atoms with Gasteiger partial charge in [-0.15, -0.1) is 0 Å². The number of carbonyl (C=O) groups excluding carboxylic acids is 2. The number of hydrogen-bond donors (Lipinski definition) is 5. The van der Waals surface area contributed by atoms with Gasteiger partial charge in [0.25, 0.3) is 0 Å². The molecule has 0 aliphatic carbocycles. The Kier molecular flexibility index (Phi) is 9.59. The molecule has 3 rings (SSSR count). The molecule has 3 aromatic carbocycles. The molecule has 8 nitrogen and oxygen atoms in total. The van der Waals surface area contributed by atoms with Crippen LogP contribution < -0.4 is 16.0 Å². The van der Waals surface area contributed by atoms with Crippen LogP contribution in [-0.4, -0.2) is 46.1 Å². The SMILES string of the molecule is C[C@@H](N[C@@H](CCc1ccccc1)C(=O)N[C@@H](Cc1ccc(O)cc1)C(=O)Nc1ccccc1)C(=O)O. The third-order valence-corrected chi connectivity index (χ3v) is 5.75. The number of para-hydroxylation sites is 1. The van der Waals surface area contributed by atoms with Crippen LogP contribution in [0.2, 0.25) is 0 Å². The van der Waals surface area contributed by atoms with E-state index in [2.05, 4.69) is 16.0 Å². The second-order valence-corrected chi connectivity index (χ2v) is 8.59. The second kappa shape index (κ2) is 13.1. The van der Waals surface area contributed by atoms with Gasteiger partial charge >= 0.3 is 5.97 Å². The van der Waals surface area contributed by atoms with E-state index in [9.17, 15) is 24.6 Å². The lowest BCUT2D eigenvalue weighted by Crippen LogP contribution is -2.54. The fourth-order valence-electron chi connectivity index (χ4n) is 3.72. The van der Waals surface area contributed by atoms with E-state index >= 15 is 0 Å². The molecule has 0 bridgehead atoms. The smallest absolute Gasteiger partial charge is 0.320 e. The van der Waals surface area contributed by atoms with Crippen LogP contribution in [0.3, 0.4) is 0 Å². The Hall–Kier alpha value is -4.17. The lowest BCUT2D eigenvalue weighted by Gasteiger charge is -2.25. The fourth-order valence-corrected chi connectivity index (χ4v) is 3.72. The first-order valence-corrected chi connectivity index (χ1v) is 11.8. The molecule has 3 aromatic rings. The van der Waals surface area contributed by atoms with Gasteiger partial charge in [-0.25, -0.2) is 0 Å². The van der Waals surface area contributed by atoms with E-state index in [4.69, 9.17) is 0 Å². The van der Waals surface area contributed by atoms with E-state index in [1.54, 1.807) is 36.4 Å². The number of aryl methyl sites for hydroxylation is 1. The van der Waals surface area contributed by atoms with Crippen molar-refractivity contribution < 1.29 is 24.6 Å². The minimum atomic E-state index is -1.07. The molecule has 5 N–H and O–H groups in total. The first-order chi connectivity index (χ1) is 17.3. The lowest BCUT2D eigenvalue weighted by molar-refractivity contribution is -0.139. The highest BCUT2D eigenvalue weighted by Crippen LogP contribution is 2.14. The third kappa shape index (κ3) is 8.25. The van der Waals surface area contributed by atoms with Crippen molar-refractivity contribution in [2.75, 3.05) is 5.32 Å². The van der Waals surface area contributed by atoms with Gasteiger partial charge < -0.3 is 20.8 Å².